The fourth-order valence-corrected chi connectivity index (χ4v) is 1.62. The van der Waals surface area contributed by atoms with E-state index in [-0.39, 0.29) is 12.4 Å². The quantitative estimate of drug-likeness (QED) is 0.803. The summed E-state index contributed by atoms with van der Waals surface area (Å²) in [5, 5.41) is 0. The van der Waals surface area contributed by atoms with Gasteiger partial charge in [0, 0.05) is 5.56 Å². The van der Waals surface area contributed by atoms with Gasteiger partial charge in [0.05, 0.1) is 20.3 Å². The lowest BCUT2D eigenvalue weighted by Crippen LogP contribution is -1.96. The molecule has 0 atom stereocenters. The number of methoxy groups -OCH3 is 1. The first-order valence-electron chi connectivity index (χ1n) is 5.73. The van der Waals surface area contributed by atoms with Crippen LogP contribution in [0.15, 0.2) is 48.5 Å². The molecule has 0 aliphatic carbocycles. The summed E-state index contributed by atoms with van der Waals surface area (Å²) in [5.41, 5.74) is 1.61. The van der Waals surface area contributed by atoms with Gasteiger partial charge in [-0.05, 0) is 23.8 Å². The Kier molecular flexibility index (Phi) is 4.31. The van der Waals surface area contributed by atoms with Crippen LogP contribution in [0.1, 0.15) is 11.1 Å². The van der Waals surface area contributed by atoms with E-state index in [0.29, 0.717) is 12.2 Å². The summed E-state index contributed by atoms with van der Waals surface area (Å²) >= 11 is 0. The molecule has 0 spiro atoms. The van der Waals surface area contributed by atoms with Crippen LogP contribution in [-0.2, 0) is 18.0 Å². The molecule has 3 heteroatoms. The molecule has 0 radical (unpaired) electrons. The molecule has 2 nitrogen and oxygen atoms in total. The van der Waals surface area contributed by atoms with Gasteiger partial charge in [-0.1, -0.05) is 30.3 Å². The highest BCUT2D eigenvalue weighted by atomic mass is 19.1. The lowest BCUT2D eigenvalue weighted by molar-refractivity contribution is 0.105. The van der Waals surface area contributed by atoms with Gasteiger partial charge in [0.25, 0.3) is 0 Å². The Morgan fingerprint density at radius 1 is 0.944 bits per heavy atom. The Labute approximate surface area is 106 Å². The summed E-state index contributed by atoms with van der Waals surface area (Å²) in [6.07, 6.45) is 0. The number of hydrogen-bond donors (Lipinski definition) is 0. The monoisotopic (exact) mass is 246 g/mol. The molecule has 0 saturated heterocycles. The summed E-state index contributed by atoms with van der Waals surface area (Å²) < 4.78 is 23.9. The van der Waals surface area contributed by atoms with Gasteiger partial charge in [-0.2, -0.15) is 0 Å². The lowest BCUT2D eigenvalue weighted by atomic mass is 10.2. The maximum atomic E-state index is 13.3. The summed E-state index contributed by atoms with van der Waals surface area (Å²) in [5.74, 6) is 0.583. The molecule has 0 unspecified atom stereocenters. The summed E-state index contributed by atoms with van der Waals surface area (Å²) in [6.45, 7) is 0.733. The van der Waals surface area contributed by atoms with E-state index in [4.69, 9.17) is 9.47 Å². The first kappa shape index (κ1) is 12.6. The van der Waals surface area contributed by atoms with Crippen molar-refractivity contribution in [2.75, 3.05) is 7.11 Å². The molecule has 0 aliphatic heterocycles. The van der Waals surface area contributed by atoms with E-state index in [9.17, 15) is 4.39 Å². The molecule has 0 heterocycles. The first-order chi connectivity index (χ1) is 8.79. The average Bonchev–Trinajstić information content (AvgIpc) is 2.42. The standard InChI is InChI=1S/C15H15FO2/c1-17-14-8-6-12(7-9-14)10-18-11-13-4-2-3-5-15(13)16/h2-9H,10-11H2,1H3. The number of benzene rings is 2. The van der Waals surface area contributed by atoms with Gasteiger partial charge in [-0.15, -0.1) is 0 Å². The van der Waals surface area contributed by atoms with E-state index in [1.807, 2.05) is 24.3 Å². The third-order valence-corrected chi connectivity index (χ3v) is 2.64. The maximum Gasteiger partial charge on any atom is 0.128 e. The van der Waals surface area contributed by atoms with Crippen molar-refractivity contribution in [2.45, 2.75) is 13.2 Å². The fourth-order valence-electron chi connectivity index (χ4n) is 1.62. The van der Waals surface area contributed by atoms with Crippen molar-refractivity contribution >= 4 is 0 Å². The van der Waals surface area contributed by atoms with Gasteiger partial charge in [0.1, 0.15) is 11.6 Å². The number of rotatable bonds is 5. The van der Waals surface area contributed by atoms with E-state index < -0.39 is 0 Å². The van der Waals surface area contributed by atoms with Gasteiger partial charge in [0.15, 0.2) is 0 Å². The zero-order valence-electron chi connectivity index (χ0n) is 10.2. The molecular formula is C15H15FO2. The van der Waals surface area contributed by atoms with Crippen molar-refractivity contribution < 1.29 is 13.9 Å². The van der Waals surface area contributed by atoms with E-state index in [1.165, 1.54) is 6.07 Å². The lowest BCUT2D eigenvalue weighted by Gasteiger charge is -2.06. The Morgan fingerprint density at radius 2 is 1.67 bits per heavy atom. The minimum Gasteiger partial charge on any atom is -0.497 e. The van der Waals surface area contributed by atoms with Crippen molar-refractivity contribution in [1.82, 2.24) is 0 Å². The van der Waals surface area contributed by atoms with Crippen molar-refractivity contribution in [1.29, 1.82) is 0 Å². The normalized spacial score (nSPS) is 10.3. The highest BCUT2D eigenvalue weighted by Crippen LogP contribution is 2.13. The van der Waals surface area contributed by atoms with Crippen LogP contribution in [0, 0.1) is 5.82 Å². The topological polar surface area (TPSA) is 18.5 Å². The van der Waals surface area contributed by atoms with Crippen molar-refractivity contribution in [3.05, 3.63) is 65.5 Å². The number of halogens is 1. The second-order valence-corrected chi connectivity index (χ2v) is 3.93. The smallest absolute Gasteiger partial charge is 0.128 e. The SMILES string of the molecule is COc1ccc(COCc2ccccc2F)cc1. The minimum atomic E-state index is -0.229. The van der Waals surface area contributed by atoms with E-state index >= 15 is 0 Å². The largest absolute Gasteiger partial charge is 0.497 e. The Morgan fingerprint density at radius 3 is 2.33 bits per heavy atom. The molecule has 0 bridgehead atoms. The molecule has 2 aromatic rings. The average molecular weight is 246 g/mol. The molecule has 2 aromatic carbocycles. The molecule has 94 valence electrons. The first-order valence-corrected chi connectivity index (χ1v) is 5.73. The molecule has 0 aliphatic rings. The Hall–Kier alpha value is -1.87. The van der Waals surface area contributed by atoms with Crippen LogP contribution in [0.3, 0.4) is 0 Å². The molecule has 2 rings (SSSR count). The minimum absolute atomic E-state index is 0.229. The zero-order valence-corrected chi connectivity index (χ0v) is 10.2. The van der Waals surface area contributed by atoms with Gasteiger partial charge in [-0.25, -0.2) is 4.39 Å². The van der Waals surface area contributed by atoms with Crippen LogP contribution in [0.4, 0.5) is 4.39 Å². The van der Waals surface area contributed by atoms with Crippen LogP contribution in [-0.4, -0.2) is 7.11 Å². The van der Waals surface area contributed by atoms with E-state index in [0.717, 1.165) is 11.3 Å². The van der Waals surface area contributed by atoms with Gasteiger partial charge in [-0.3, -0.25) is 0 Å². The van der Waals surface area contributed by atoms with Crippen molar-refractivity contribution in [3.8, 4) is 5.75 Å². The number of ether oxygens (including phenoxy) is 2. The van der Waals surface area contributed by atoms with E-state index in [1.54, 1.807) is 25.3 Å². The van der Waals surface area contributed by atoms with Crippen molar-refractivity contribution in [2.24, 2.45) is 0 Å². The van der Waals surface area contributed by atoms with Crippen molar-refractivity contribution in [3.63, 3.8) is 0 Å². The molecule has 0 N–H and O–H groups in total. The Bertz CT molecular complexity index is 494. The van der Waals surface area contributed by atoms with E-state index in [2.05, 4.69) is 0 Å². The van der Waals surface area contributed by atoms with Gasteiger partial charge < -0.3 is 9.47 Å². The third-order valence-electron chi connectivity index (χ3n) is 2.64. The molecular weight excluding hydrogens is 231 g/mol. The van der Waals surface area contributed by atoms with Crippen LogP contribution in [0.2, 0.25) is 0 Å². The third kappa shape index (κ3) is 3.31. The van der Waals surface area contributed by atoms with Gasteiger partial charge >= 0.3 is 0 Å². The van der Waals surface area contributed by atoms with Crippen LogP contribution in [0.25, 0.3) is 0 Å². The molecule has 0 aromatic heterocycles. The number of hydrogen-bond acceptors (Lipinski definition) is 2. The van der Waals surface area contributed by atoms with Crippen LogP contribution < -0.4 is 4.74 Å². The van der Waals surface area contributed by atoms with Crippen LogP contribution >= 0.6 is 0 Å². The zero-order chi connectivity index (χ0) is 12.8. The second kappa shape index (κ2) is 6.17. The molecule has 0 fully saturated rings. The predicted octanol–water partition coefficient (Wildman–Crippen LogP) is 3.55. The highest BCUT2D eigenvalue weighted by Gasteiger charge is 2.01. The second-order valence-electron chi connectivity index (χ2n) is 3.93. The summed E-state index contributed by atoms with van der Waals surface area (Å²) in [7, 11) is 1.63. The summed E-state index contributed by atoms with van der Waals surface area (Å²) in [4.78, 5) is 0. The molecule has 0 amide bonds. The highest BCUT2D eigenvalue weighted by molar-refractivity contribution is 5.26. The van der Waals surface area contributed by atoms with Gasteiger partial charge in [0.2, 0.25) is 0 Å². The summed E-state index contributed by atoms with van der Waals surface area (Å²) in [6, 6.07) is 14.2. The predicted molar refractivity (Wildman–Crippen MR) is 67.9 cm³/mol. The Balaban J connectivity index is 1.86. The molecule has 0 saturated carbocycles. The fraction of sp³-hybridized carbons (Fsp3) is 0.200. The maximum absolute atomic E-state index is 13.3. The van der Waals surface area contributed by atoms with Crippen LogP contribution in [0.5, 0.6) is 5.75 Å². The molecule has 18 heavy (non-hydrogen) atoms.